The van der Waals surface area contributed by atoms with Crippen LogP contribution in [0, 0.1) is 0 Å². The number of rotatable bonds is 8. The van der Waals surface area contributed by atoms with Gasteiger partial charge in [-0.1, -0.05) is 6.92 Å². The summed E-state index contributed by atoms with van der Waals surface area (Å²) in [6.07, 6.45) is 1.66. The molecular weight excluding hydrogens is 250 g/mol. The molecule has 1 rings (SSSR count). The molecule has 1 unspecified atom stereocenters. The Morgan fingerprint density at radius 3 is 2.89 bits per heavy atom. The Morgan fingerprint density at radius 2 is 2.33 bits per heavy atom. The fraction of sp³-hybridized carbons (Fsp3) is 0.615. The lowest BCUT2D eigenvalue weighted by Gasteiger charge is -2.27. The molecule has 0 spiro atoms. The van der Waals surface area contributed by atoms with Gasteiger partial charge in [0.15, 0.2) is 0 Å². The highest BCUT2D eigenvalue weighted by atomic mass is 32.2. The van der Waals surface area contributed by atoms with Crippen molar-refractivity contribution in [3.05, 3.63) is 24.2 Å². The molecule has 1 atom stereocenters. The minimum absolute atomic E-state index is 0.196. The third-order valence-electron chi connectivity index (χ3n) is 2.51. The number of hydrogen-bond acceptors (Lipinski definition) is 5. The molecule has 102 valence electrons. The summed E-state index contributed by atoms with van der Waals surface area (Å²) in [5.74, 6) is 2.13. The van der Waals surface area contributed by atoms with Gasteiger partial charge in [-0.25, -0.2) is 0 Å². The number of ether oxygens (including phenoxy) is 1. The van der Waals surface area contributed by atoms with Crippen LogP contribution in [0.5, 0.6) is 0 Å². The summed E-state index contributed by atoms with van der Waals surface area (Å²) in [6, 6.07) is 3.80. The maximum absolute atomic E-state index is 11.9. The number of thioether (sulfide) groups is 1. The third kappa shape index (κ3) is 4.38. The molecule has 1 heterocycles. The number of furan rings is 1. The van der Waals surface area contributed by atoms with Crippen LogP contribution in [0.2, 0.25) is 0 Å². The van der Waals surface area contributed by atoms with Gasteiger partial charge in [0.05, 0.1) is 18.6 Å². The van der Waals surface area contributed by atoms with Crippen molar-refractivity contribution in [2.24, 2.45) is 0 Å². The molecule has 0 saturated heterocycles. The molecule has 5 heteroatoms. The zero-order valence-corrected chi connectivity index (χ0v) is 12.0. The van der Waals surface area contributed by atoms with Gasteiger partial charge < -0.3 is 14.5 Å². The molecular formula is C13H21NO3S. The molecule has 0 aliphatic heterocycles. The first-order valence-electron chi connectivity index (χ1n) is 6.14. The van der Waals surface area contributed by atoms with Crippen molar-refractivity contribution in [3.63, 3.8) is 0 Å². The summed E-state index contributed by atoms with van der Waals surface area (Å²) in [6.45, 7) is 6.82. The van der Waals surface area contributed by atoms with E-state index in [0.717, 1.165) is 18.1 Å². The molecule has 0 aliphatic rings. The standard InChI is InChI=1S/C13H21NO3S/c1-4-14-13(3,12(15)16-5-2)10-18-9-11-7-6-8-17-11/h6-8,14H,4-5,9-10H2,1-3H3. The number of carbonyl (C=O) groups is 1. The van der Waals surface area contributed by atoms with E-state index in [1.54, 1.807) is 18.0 Å². The lowest BCUT2D eigenvalue weighted by atomic mass is 10.1. The van der Waals surface area contributed by atoms with Crippen molar-refractivity contribution in [1.29, 1.82) is 0 Å². The Balaban J connectivity index is 2.48. The topological polar surface area (TPSA) is 51.5 Å². The Morgan fingerprint density at radius 1 is 1.56 bits per heavy atom. The van der Waals surface area contributed by atoms with Gasteiger partial charge in [-0.15, -0.1) is 0 Å². The van der Waals surface area contributed by atoms with Gasteiger partial charge in [0.25, 0.3) is 0 Å². The van der Waals surface area contributed by atoms with Gasteiger partial charge in [-0.3, -0.25) is 4.79 Å². The van der Waals surface area contributed by atoms with E-state index >= 15 is 0 Å². The average molecular weight is 271 g/mol. The molecule has 0 amide bonds. The number of nitrogens with one attached hydrogen (secondary N) is 1. The smallest absolute Gasteiger partial charge is 0.326 e. The van der Waals surface area contributed by atoms with E-state index < -0.39 is 5.54 Å². The van der Waals surface area contributed by atoms with Crippen LogP contribution in [0.1, 0.15) is 26.5 Å². The second-order valence-corrected chi connectivity index (χ2v) is 5.14. The number of hydrogen-bond donors (Lipinski definition) is 1. The fourth-order valence-corrected chi connectivity index (χ4v) is 2.71. The van der Waals surface area contributed by atoms with Gasteiger partial charge >= 0.3 is 5.97 Å². The third-order valence-corrected chi connectivity index (χ3v) is 3.78. The second-order valence-electron chi connectivity index (χ2n) is 4.16. The highest BCUT2D eigenvalue weighted by molar-refractivity contribution is 7.98. The molecule has 1 aromatic heterocycles. The maximum Gasteiger partial charge on any atom is 0.326 e. The van der Waals surface area contributed by atoms with E-state index in [9.17, 15) is 4.79 Å². The van der Waals surface area contributed by atoms with Crippen molar-refractivity contribution in [2.45, 2.75) is 32.1 Å². The number of likely N-dealkylation sites (N-methyl/N-ethyl adjacent to an activating group) is 1. The minimum Gasteiger partial charge on any atom is -0.468 e. The molecule has 18 heavy (non-hydrogen) atoms. The average Bonchev–Trinajstić information content (AvgIpc) is 2.83. The first-order valence-corrected chi connectivity index (χ1v) is 7.30. The van der Waals surface area contributed by atoms with Gasteiger partial charge in [0, 0.05) is 5.75 Å². The van der Waals surface area contributed by atoms with Crippen molar-refractivity contribution in [2.75, 3.05) is 18.9 Å². The van der Waals surface area contributed by atoms with E-state index in [1.807, 2.05) is 32.9 Å². The van der Waals surface area contributed by atoms with E-state index in [2.05, 4.69) is 5.32 Å². The summed E-state index contributed by atoms with van der Waals surface area (Å²) >= 11 is 1.65. The maximum atomic E-state index is 11.9. The summed E-state index contributed by atoms with van der Waals surface area (Å²) < 4.78 is 10.4. The molecule has 1 aromatic rings. The Labute approximate surface area is 112 Å². The molecule has 0 aliphatic carbocycles. The summed E-state index contributed by atoms with van der Waals surface area (Å²) in [4.78, 5) is 11.9. The zero-order valence-electron chi connectivity index (χ0n) is 11.2. The SMILES string of the molecule is CCNC(C)(CSCc1ccco1)C(=O)OCC. The molecule has 1 N–H and O–H groups in total. The quantitative estimate of drug-likeness (QED) is 0.736. The predicted octanol–water partition coefficient (Wildman–Crippen LogP) is 2.44. The van der Waals surface area contributed by atoms with E-state index in [4.69, 9.17) is 9.15 Å². The second kappa shape index (κ2) is 7.48. The molecule has 0 saturated carbocycles. The highest BCUT2D eigenvalue weighted by Crippen LogP contribution is 2.19. The van der Waals surface area contributed by atoms with Gasteiger partial charge in [0.1, 0.15) is 11.3 Å². The molecule has 0 aromatic carbocycles. The Kier molecular flexibility index (Phi) is 6.29. The van der Waals surface area contributed by atoms with Crippen LogP contribution < -0.4 is 5.32 Å². The lowest BCUT2D eigenvalue weighted by molar-refractivity contribution is -0.149. The number of carbonyl (C=O) groups excluding carboxylic acids is 1. The lowest BCUT2D eigenvalue weighted by Crippen LogP contribution is -2.52. The van der Waals surface area contributed by atoms with Crippen LogP contribution in [-0.2, 0) is 15.3 Å². The van der Waals surface area contributed by atoms with Crippen molar-refractivity contribution < 1.29 is 13.9 Å². The van der Waals surface area contributed by atoms with Gasteiger partial charge in [0.2, 0.25) is 0 Å². The van der Waals surface area contributed by atoms with Crippen LogP contribution in [-0.4, -0.2) is 30.4 Å². The minimum atomic E-state index is -0.637. The summed E-state index contributed by atoms with van der Waals surface area (Å²) in [5, 5.41) is 3.20. The first kappa shape index (κ1) is 15.1. The first-order chi connectivity index (χ1) is 8.62. The fourth-order valence-electron chi connectivity index (χ4n) is 1.61. The van der Waals surface area contributed by atoms with Crippen LogP contribution >= 0.6 is 11.8 Å². The highest BCUT2D eigenvalue weighted by Gasteiger charge is 2.33. The summed E-state index contributed by atoms with van der Waals surface area (Å²) in [7, 11) is 0. The molecule has 0 radical (unpaired) electrons. The molecule has 0 fully saturated rings. The van der Waals surface area contributed by atoms with Crippen LogP contribution in [0.3, 0.4) is 0 Å². The monoisotopic (exact) mass is 271 g/mol. The van der Waals surface area contributed by atoms with Crippen molar-refractivity contribution >= 4 is 17.7 Å². The van der Waals surface area contributed by atoms with Gasteiger partial charge in [-0.2, -0.15) is 11.8 Å². The largest absolute Gasteiger partial charge is 0.468 e. The van der Waals surface area contributed by atoms with Crippen LogP contribution in [0.4, 0.5) is 0 Å². The molecule has 0 bridgehead atoms. The van der Waals surface area contributed by atoms with E-state index in [-0.39, 0.29) is 5.97 Å². The Bertz CT molecular complexity index is 353. The van der Waals surface area contributed by atoms with Crippen LogP contribution in [0.15, 0.2) is 22.8 Å². The van der Waals surface area contributed by atoms with E-state index in [0.29, 0.717) is 12.4 Å². The van der Waals surface area contributed by atoms with E-state index in [1.165, 1.54) is 0 Å². The zero-order chi connectivity index (χ0) is 13.4. The van der Waals surface area contributed by atoms with Crippen LogP contribution in [0.25, 0.3) is 0 Å². The van der Waals surface area contributed by atoms with Crippen molar-refractivity contribution in [3.8, 4) is 0 Å². The normalized spacial score (nSPS) is 14.2. The number of esters is 1. The molecule has 4 nitrogen and oxygen atoms in total. The summed E-state index contributed by atoms with van der Waals surface area (Å²) in [5.41, 5.74) is -0.637. The van der Waals surface area contributed by atoms with Gasteiger partial charge in [-0.05, 0) is 32.5 Å². The predicted molar refractivity (Wildman–Crippen MR) is 73.6 cm³/mol. The Hall–Kier alpha value is -0.940. The van der Waals surface area contributed by atoms with Crippen molar-refractivity contribution in [1.82, 2.24) is 5.32 Å².